The van der Waals surface area contributed by atoms with E-state index in [9.17, 15) is 0 Å². The second kappa shape index (κ2) is 5.90. The molecule has 0 bridgehead atoms. The molecule has 3 rings (SSSR count). The number of hydrogen-bond donors (Lipinski definition) is 0. The number of pyridine rings is 1. The average molecular weight is 344 g/mol. The fourth-order valence-electron chi connectivity index (χ4n) is 2.58. The minimum atomic E-state index is 0.783. The monoisotopic (exact) mass is 343 g/mol. The minimum Gasteiger partial charge on any atom is -0.354 e. The van der Waals surface area contributed by atoms with Gasteiger partial charge in [-0.2, -0.15) is 0 Å². The number of fused-ring (bicyclic) bond motifs is 1. The Kier molecular flexibility index (Phi) is 3.97. The van der Waals surface area contributed by atoms with Crippen molar-refractivity contribution in [2.24, 2.45) is 0 Å². The third-order valence-corrected chi connectivity index (χ3v) is 4.30. The van der Waals surface area contributed by atoms with Gasteiger partial charge in [0.25, 0.3) is 0 Å². The average Bonchev–Trinajstić information content (AvgIpc) is 2.88. The summed E-state index contributed by atoms with van der Waals surface area (Å²) in [5.41, 5.74) is 4.81. The van der Waals surface area contributed by atoms with Gasteiger partial charge in [0.2, 0.25) is 0 Å². The maximum Gasteiger partial charge on any atom is 0.152 e. The molecule has 0 aliphatic carbocycles. The first kappa shape index (κ1) is 14.1. The Labute approximate surface area is 133 Å². The maximum absolute atomic E-state index is 4.77. The molecule has 0 amide bonds. The molecule has 0 N–H and O–H groups in total. The van der Waals surface area contributed by atoms with Crippen molar-refractivity contribution in [1.29, 1.82) is 0 Å². The quantitative estimate of drug-likeness (QED) is 0.662. The number of halogens is 1. The summed E-state index contributed by atoms with van der Waals surface area (Å²) in [5.74, 6) is 1.03. The number of aromatic nitrogens is 2. The number of nitrogens with zero attached hydrogens (tertiary/aromatic N) is 3. The molecule has 3 nitrogen and oxygen atoms in total. The zero-order valence-electron chi connectivity index (χ0n) is 12.3. The number of rotatable bonds is 4. The van der Waals surface area contributed by atoms with E-state index in [1.165, 1.54) is 16.8 Å². The molecule has 2 aromatic heterocycles. The third kappa shape index (κ3) is 2.68. The molecular formula is C17H18BrN3. The molecule has 2 heterocycles. The highest BCUT2D eigenvalue weighted by atomic mass is 79.9. The van der Waals surface area contributed by atoms with Crippen LogP contribution < -0.4 is 4.90 Å². The first-order chi connectivity index (χ1) is 10.2. The molecule has 0 atom stereocenters. The summed E-state index contributed by atoms with van der Waals surface area (Å²) in [4.78, 5) is 6.98. The lowest BCUT2D eigenvalue weighted by atomic mass is 10.1. The van der Waals surface area contributed by atoms with Crippen molar-refractivity contribution in [1.82, 2.24) is 9.38 Å². The molecule has 0 spiro atoms. The Morgan fingerprint density at radius 2 is 1.90 bits per heavy atom. The van der Waals surface area contributed by atoms with E-state index in [-0.39, 0.29) is 0 Å². The summed E-state index contributed by atoms with van der Waals surface area (Å²) in [7, 11) is 2.10. The Balaban J connectivity index is 1.98. The molecule has 0 radical (unpaired) electrons. The summed E-state index contributed by atoms with van der Waals surface area (Å²) in [6, 6.07) is 14.6. The molecule has 108 valence electrons. The largest absolute Gasteiger partial charge is 0.354 e. The van der Waals surface area contributed by atoms with E-state index in [1.54, 1.807) is 0 Å². The van der Waals surface area contributed by atoms with Gasteiger partial charge in [0, 0.05) is 25.1 Å². The molecular weight excluding hydrogens is 326 g/mol. The van der Waals surface area contributed by atoms with Gasteiger partial charge in [-0.15, -0.1) is 0 Å². The molecule has 0 saturated heterocycles. The lowest BCUT2D eigenvalue weighted by molar-refractivity contribution is 0.888. The summed E-state index contributed by atoms with van der Waals surface area (Å²) < 4.78 is 2.14. The normalized spacial score (nSPS) is 11.0. The number of hydrogen-bond acceptors (Lipinski definition) is 2. The van der Waals surface area contributed by atoms with E-state index >= 15 is 0 Å². The van der Waals surface area contributed by atoms with E-state index in [2.05, 4.69) is 69.7 Å². The fraction of sp³-hybridized carbons (Fsp3) is 0.235. The third-order valence-electron chi connectivity index (χ3n) is 3.76. The van der Waals surface area contributed by atoms with Crippen molar-refractivity contribution in [3.05, 3.63) is 65.5 Å². The molecule has 4 heteroatoms. The predicted molar refractivity (Wildman–Crippen MR) is 91.1 cm³/mol. The summed E-state index contributed by atoms with van der Waals surface area (Å²) >= 11 is 3.59. The zero-order chi connectivity index (χ0) is 14.8. The van der Waals surface area contributed by atoms with Gasteiger partial charge in [-0.25, -0.2) is 4.98 Å². The van der Waals surface area contributed by atoms with Crippen LogP contribution in [0, 0.1) is 6.92 Å². The molecule has 0 aliphatic heterocycles. The highest BCUT2D eigenvalue weighted by Crippen LogP contribution is 2.24. The first-order valence-electron chi connectivity index (χ1n) is 6.98. The van der Waals surface area contributed by atoms with Crippen molar-refractivity contribution < 1.29 is 0 Å². The van der Waals surface area contributed by atoms with Crippen LogP contribution in [0.3, 0.4) is 0 Å². The van der Waals surface area contributed by atoms with E-state index in [4.69, 9.17) is 4.98 Å². The van der Waals surface area contributed by atoms with Crippen molar-refractivity contribution in [2.45, 2.75) is 18.8 Å². The Hall–Kier alpha value is -1.81. The van der Waals surface area contributed by atoms with Gasteiger partial charge in [-0.1, -0.05) is 46.3 Å². The van der Waals surface area contributed by atoms with Crippen LogP contribution in [0.25, 0.3) is 5.65 Å². The van der Waals surface area contributed by atoms with Crippen LogP contribution in [0.15, 0.2) is 48.7 Å². The van der Waals surface area contributed by atoms with Crippen LogP contribution in [-0.2, 0) is 11.9 Å². The van der Waals surface area contributed by atoms with Crippen LogP contribution >= 0.6 is 15.9 Å². The number of anilines is 1. The Bertz CT molecular complexity index is 764. The standard InChI is InChI=1S/C17H18BrN3/c1-13-7-3-4-8-14(13)12-20(2)17-15(11-18)21-10-6-5-9-16(21)19-17/h3-10H,11-12H2,1-2H3. The van der Waals surface area contributed by atoms with Gasteiger partial charge in [-0.3, -0.25) is 0 Å². The molecule has 1 aromatic carbocycles. The highest BCUT2D eigenvalue weighted by molar-refractivity contribution is 9.08. The van der Waals surface area contributed by atoms with Crippen LogP contribution in [0.4, 0.5) is 5.82 Å². The van der Waals surface area contributed by atoms with E-state index < -0.39 is 0 Å². The SMILES string of the molecule is Cc1ccccc1CN(C)c1nc2ccccn2c1CBr. The van der Waals surface area contributed by atoms with Gasteiger partial charge in [0.1, 0.15) is 5.65 Å². The van der Waals surface area contributed by atoms with Gasteiger partial charge in [0.05, 0.1) is 5.69 Å². The van der Waals surface area contributed by atoms with Crippen LogP contribution in [-0.4, -0.2) is 16.4 Å². The van der Waals surface area contributed by atoms with Crippen LogP contribution in [0.5, 0.6) is 0 Å². The maximum atomic E-state index is 4.77. The second-order valence-corrected chi connectivity index (χ2v) is 5.79. The van der Waals surface area contributed by atoms with E-state index in [1.807, 2.05) is 18.2 Å². The second-order valence-electron chi connectivity index (χ2n) is 5.23. The molecule has 21 heavy (non-hydrogen) atoms. The number of imidazole rings is 1. The smallest absolute Gasteiger partial charge is 0.152 e. The summed E-state index contributed by atoms with van der Waals surface area (Å²) in [6.45, 7) is 3.01. The zero-order valence-corrected chi connectivity index (χ0v) is 13.8. The fourth-order valence-corrected chi connectivity index (χ4v) is 3.10. The number of alkyl halides is 1. The van der Waals surface area contributed by atoms with Gasteiger partial charge in [0.15, 0.2) is 5.82 Å². The topological polar surface area (TPSA) is 20.5 Å². The van der Waals surface area contributed by atoms with Gasteiger partial charge < -0.3 is 9.30 Å². The van der Waals surface area contributed by atoms with Crippen LogP contribution in [0.1, 0.15) is 16.8 Å². The van der Waals surface area contributed by atoms with Crippen molar-refractivity contribution in [3.63, 3.8) is 0 Å². The predicted octanol–water partition coefficient (Wildman–Crippen LogP) is 4.17. The lowest BCUT2D eigenvalue weighted by Gasteiger charge is -2.19. The van der Waals surface area contributed by atoms with Crippen molar-refractivity contribution in [2.75, 3.05) is 11.9 Å². The number of benzene rings is 1. The minimum absolute atomic E-state index is 0.783. The van der Waals surface area contributed by atoms with Crippen molar-refractivity contribution >= 4 is 27.4 Å². The number of aryl methyl sites for hydroxylation is 1. The summed E-state index contributed by atoms with van der Waals surface area (Å²) in [6.07, 6.45) is 2.06. The Morgan fingerprint density at radius 1 is 1.14 bits per heavy atom. The lowest BCUT2D eigenvalue weighted by Crippen LogP contribution is -2.18. The van der Waals surface area contributed by atoms with E-state index in [0.717, 1.165) is 23.3 Å². The Morgan fingerprint density at radius 3 is 2.67 bits per heavy atom. The first-order valence-corrected chi connectivity index (χ1v) is 8.10. The van der Waals surface area contributed by atoms with Gasteiger partial charge >= 0.3 is 0 Å². The molecule has 0 saturated carbocycles. The molecule has 0 fully saturated rings. The molecule has 0 unspecified atom stereocenters. The summed E-state index contributed by atoms with van der Waals surface area (Å²) in [5, 5.41) is 0.783. The van der Waals surface area contributed by atoms with E-state index in [0.29, 0.717) is 0 Å². The van der Waals surface area contributed by atoms with Crippen LogP contribution in [0.2, 0.25) is 0 Å². The molecule has 3 aromatic rings. The van der Waals surface area contributed by atoms with Crippen molar-refractivity contribution in [3.8, 4) is 0 Å². The highest BCUT2D eigenvalue weighted by Gasteiger charge is 2.15. The van der Waals surface area contributed by atoms with Gasteiger partial charge in [-0.05, 0) is 30.2 Å². The molecule has 0 aliphatic rings.